The second-order valence-corrected chi connectivity index (χ2v) is 8.94. The van der Waals surface area contributed by atoms with Gasteiger partial charge in [-0.3, -0.25) is 9.69 Å². The van der Waals surface area contributed by atoms with Gasteiger partial charge in [0.05, 0.1) is 17.6 Å². The summed E-state index contributed by atoms with van der Waals surface area (Å²) in [6.07, 6.45) is 7.71. The summed E-state index contributed by atoms with van der Waals surface area (Å²) >= 11 is 0. The number of ether oxygens (including phenoxy) is 1. The maximum atomic E-state index is 12.3. The SMILES string of the molecule is CC(C)NC(=O)C1(O)CCC(Nc2cc(OCCN3CCCCC3)ncc2N)CC1. The number of amides is 1. The Morgan fingerprint density at radius 3 is 2.70 bits per heavy atom. The van der Waals surface area contributed by atoms with E-state index in [0.29, 0.717) is 43.9 Å². The first kappa shape index (κ1) is 22.6. The van der Waals surface area contributed by atoms with Crippen LogP contribution in [0.3, 0.4) is 0 Å². The molecule has 0 radical (unpaired) electrons. The fourth-order valence-electron chi connectivity index (χ4n) is 4.20. The number of rotatable bonds is 8. The molecule has 30 heavy (non-hydrogen) atoms. The van der Waals surface area contributed by atoms with E-state index >= 15 is 0 Å². The number of hydrogen-bond acceptors (Lipinski definition) is 7. The van der Waals surface area contributed by atoms with E-state index in [2.05, 4.69) is 20.5 Å². The molecular formula is C22H37N5O3. The van der Waals surface area contributed by atoms with Crippen molar-refractivity contribution in [3.63, 3.8) is 0 Å². The zero-order valence-corrected chi connectivity index (χ0v) is 18.3. The predicted molar refractivity (Wildman–Crippen MR) is 119 cm³/mol. The lowest BCUT2D eigenvalue weighted by Crippen LogP contribution is -2.52. The number of carbonyl (C=O) groups is 1. The summed E-state index contributed by atoms with van der Waals surface area (Å²) in [6.45, 7) is 7.61. The zero-order valence-electron chi connectivity index (χ0n) is 18.3. The number of aromatic nitrogens is 1. The van der Waals surface area contributed by atoms with E-state index < -0.39 is 5.60 Å². The second kappa shape index (κ2) is 10.3. The molecule has 1 aromatic rings. The van der Waals surface area contributed by atoms with E-state index in [-0.39, 0.29) is 18.0 Å². The predicted octanol–water partition coefficient (Wildman–Crippen LogP) is 2.14. The summed E-state index contributed by atoms with van der Waals surface area (Å²) < 4.78 is 5.85. The summed E-state index contributed by atoms with van der Waals surface area (Å²) in [6, 6.07) is 2.00. The van der Waals surface area contributed by atoms with Gasteiger partial charge in [-0.1, -0.05) is 6.42 Å². The van der Waals surface area contributed by atoms with Crippen molar-refractivity contribution >= 4 is 17.3 Å². The van der Waals surface area contributed by atoms with Crippen LogP contribution in [0.4, 0.5) is 11.4 Å². The van der Waals surface area contributed by atoms with Crippen LogP contribution in [0, 0.1) is 0 Å². The third-order valence-electron chi connectivity index (χ3n) is 6.03. The van der Waals surface area contributed by atoms with Gasteiger partial charge < -0.3 is 26.2 Å². The van der Waals surface area contributed by atoms with Crippen molar-refractivity contribution < 1.29 is 14.6 Å². The maximum Gasteiger partial charge on any atom is 0.252 e. The molecule has 2 heterocycles. The van der Waals surface area contributed by atoms with Crippen LogP contribution < -0.4 is 21.1 Å². The van der Waals surface area contributed by atoms with Gasteiger partial charge in [-0.25, -0.2) is 4.98 Å². The van der Waals surface area contributed by atoms with Gasteiger partial charge >= 0.3 is 0 Å². The van der Waals surface area contributed by atoms with Crippen LogP contribution in [0.25, 0.3) is 0 Å². The molecule has 3 rings (SSSR count). The Hall–Kier alpha value is -2.06. The lowest BCUT2D eigenvalue weighted by molar-refractivity contribution is -0.143. The topological polar surface area (TPSA) is 113 Å². The largest absolute Gasteiger partial charge is 0.476 e. The smallest absolute Gasteiger partial charge is 0.252 e. The van der Waals surface area contributed by atoms with Crippen molar-refractivity contribution in [2.24, 2.45) is 0 Å². The molecule has 5 N–H and O–H groups in total. The van der Waals surface area contributed by atoms with E-state index in [0.717, 1.165) is 25.3 Å². The average molecular weight is 420 g/mol. The molecule has 1 aliphatic carbocycles. The van der Waals surface area contributed by atoms with E-state index in [9.17, 15) is 9.90 Å². The van der Waals surface area contributed by atoms with Crippen molar-refractivity contribution in [3.05, 3.63) is 12.3 Å². The highest BCUT2D eigenvalue weighted by Crippen LogP contribution is 2.32. The summed E-state index contributed by atoms with van der Waals surface area (Å²) in [4.78, 5) is 19.0. The normalized spacial score (nSPS) is 25.1. The van der Waals surface area contributed by atoms with Gasteiger partial charge in [0.2, 0.25) is 5.88 Å². The quantitative estimate of drug-likeness (QED) is 0.511. The second-order valence-electron chi connectivity index (χ2n) is 8.94. The third-order valence-corrected chi connectivity index (χ3v) is 6.03. The van der Waals surface area contributed by atoms with Crippen molar-refractivity contribution in [1.82, 2.24) is 15.2 Å². The minimum absolute atomic E-state index is 0.0160. The standard InChI is InChI=1S/C22H37N5O3/c1-16(2)25-21(28)22(29)8-6-17(7-9-22)26-19-14-20(24-15-18(19)23)30-13-12-27-10-4-3-5-11-27/h14-17,29H,3-13,23H2,1-2H3,(H,24,26)(H,25,28). The summed E-state index contributed by atoms with van der Waals surface area (Å²) in [5, 5.41) is 16.9. The van der Waals surface area contributed by atoms with E-state index in [1.165, 1.54) is 19.3 Å². The Morgan fingerprint density at radius 2 is 2.03 bits per heavy atom. The van der Waals surface area contributed by atoms with Crippen LogP contribution >= 0.6 is 0 Å². The highest BCUT2D eigenvalue weighted by atomic mass is 16.5. The number of likely N-dealkylation sites (tertiary alicyclic amines) is 1. The number of piperidine rings is 1. The van der Waals surface area contributed by atoms with Crippen molar-refractivity contribution in [1.29, 1.82) is 0 Å². The molecule has 0 spiro atoms. The fourth-order valence-corrected chi connectivity index (χ4v) is 4.20. The molecular weight excluding hydrogens is 382 g/mol. The molecule has 8 heteroatoms. The van der Waals surface area contributed by atoms with E-state index in [1.807, 2.05) is 19.9 Å². The number of carbonyl (C=O) groups excluding carboxylic acids is 1. The molecule has 1 amide bonds. The van der Waals surface area contributed by atoms with E-state index in [1.54, 1.807) is 6.20 Å². The molecule has 0 atom stereocenters. The minimum atomic E-state index is -1.28. The number of nitrogen functional groups attached to an aromatic ring is 1. The van der Waals surface area contributed by atoms with E-state index in [4.69, 9.17) is 10.5 Å². The highest BCUT2D eigenvalue weighted by Gasteiger charge is 2.40. The van der Waals surface area contributed by atoms with Gasteiger partial charge in [-0.05, 0) is 65.5 Å². The first-order chi connectivity index (χ1) is 14.4. The maximum absolute atomic E-state index is 12.3. The molecule has 2 fully saturated rings. The molecule has 168 valence electrons. The number of pyridine rings is 1. The molecule has 0 unspecified atom stereocenters. The highest BCUT2D eigenvalue weighted by molar-refractivity contribution is 5.85. The molecule has 8 nitrogen and oxygen atoms in total. The molecule has 0 bridgehead atoms. The number of aliphatic hydroxyl groups is 1. The lowest BCUT2D eigenvalue weighted by atomic mass is 9.81. The molecule has 0 aromatic carbocycles. The molecule has 1 saturated carbocycles. The minimum Gasteiger partial charge on any atom is -0.476 e. The summed E-state index contributed by atoms with van der Waals surface area (Å²) in [7, 11) is 0. The first-order valence-electron chi connectivity index (χ1n) is 11.3. The van der Waals surface area contributed by atoms with Crippen molar-refractivity contribution in [2.45, 2.75) is 76.5 Å². The number of anilines is 2. The lowest BCUT2D eigenvalue weighted by Gasteiger charge is -2.36. The van der Waals surface area contributed by atoms with Crippen LogP contribution in [0.5, 0.6) is 5.88 Å². The van der Waals surface area contributed by atoms with Crippen LogP contribution in [0.1, 0.15) is 58.8 Å². The molecule has 1 aromatic heterocycles. The Kier molecular flexibility index (Phi) is 7.77. The number of nitrogens with two attached hydrogens (primary N) is 1. The van der Waals surface area contributed by atoms with Gasteiger partial charge in [0.15, 0.2) is 0 Å². The van der Waals surface area contributed by atoms with Crippen LogP contribution in [-0.2, 0) is 4.79 Å². The van der Waals surface area contributed by atoms with Crippen LogP contribution in [-0.4, -0.2) is 64.8 Å². The molecule has 2 aliphatic rings. The Labute approximate surface area is 179 Å². The number of hydrogen-bond donors (Lipinski definition) is 4. The van der Waals surface area contributed by atoms with Gasteiger partial charge in [-0.15, -0.1) is 0 Å². The Balaban J connectivity index is 1.49. The summed E-state index contributed by atoms with van der Waals surface area (Å²) in [5.41, 5.74) is 6.18. The van der Waals surface area contributed by atoms with Gasteiger partial charge in [0.25, 0.3) is 5.91 Å². The fraction of sp³-hybridized carbons (Fsp3) is 0.727. The Morgan fingerprint density at radius 1 is 1.33 bits per heavy atom. The van der Waals surface area contributed by atoms with Crippen LogP contribution in [0.2, 0.25) is 0 Å². The monoisotopic (exact) mass is 419 g/mol. The third kappa shape index (κ3) is 6.22. The number of nitrogens with one attached hydrogen (secondary N) is 2. The van der Waals surface area contributed by atoms with Crippen molar-refractivity contribution in [2.75, 3.05) is 37.3 Å². The first-order valence-corrected chi connectivity index (χ1v) is 11.3. The number of nitrogens with zero attached hydrogens (tertiary/aromatic N) is 2. The van der Waals surface area contributed by atoms with Crippen molar-refractivity contribution in [3.8, 4) is 5.88 Å². The Bertz CT molecular complexity index is 698. The van der Waals surface area contributed by atoms with Gasteiger partial charge in [0.1, 0.15) is 12.2 Å². The molecule has 1 saturated heterocycles. The zero-order chi connectivity index (χ0) is 21.6. The summed E-state index contributed by atoms with van der Waals surface area (Å²) in [5.74, 6) is 0.288. The van der Waals surface area contributed by atoms with Gasteiger partial charge in [-0.2, -0.15) is 0 Å². The molecule has 1 aliphatic heterocycles. The average Bonchev–Trinajstić information content (AvgIpc) is 2.72. The van der Waals surface area contributed by atoms with Crippen LogP contribution in [0.15, 0.2) is 12.3 Å². The van der Waals surface area contributed by atoms with Gasteiger partial charge in [0, 0.05) is 24.7 Å².